The molecule has 1 radical (unpaired) electrons. The minimum Gasteiger partial charge on any atom is -0.0585 e. The van der Waals surface area contributed by atoms with Crippen molar-refractivity contribution in [3.05, 3.63) is 77.2 Å². The molecule has 0 spiro atoms. The van der Waals surface area contributed by atoms with Gasteiger partial charge in [0.05, 0.1) is 0 Å². The fourth-order valence-corrected chi connectivity index (χ4v) is 4.79. The summed E-state index contributed by atoms with van der Waals surface area (Å²) >= 11 is 0. The molecule has 0 nitrogen and oxygen atoms in total. The molecule has 0 heterocycles. The van der Waals surface area contributed by atoms with Gasteiger partial charge in [0.2, 0.25) is 0 Å². The van der Waals surface area contributed by atoms with Gasteiger partial charge in [-0.15, -0.1) is 0 Å². The highest BCUT2D eigenvalue weighted by Crippen LogP contribution is 2.34. The third kappa shape index (κ3) is 4.35. The fourth-order valence-electron chi connectivity index (χ4n) is 4.79. The molecule has 2 saturated carbocycles. The Kier molecular flexibility index (Phi) is 5.55. The summed E-state index contributed by atoms with van der Waals surface area (Å²) in [7, 11) is 0. The monoisotopic (exact) mass is 331 g/mol. The maximum absolute atomic E-state index is 2.36. The topological polar surface area (TPSA) is 0 Å². The van der Waals surface area contributed by atoms with Crippen LogP contribution in [-0.4, -0.2) is 0 Å². The van der Waals surface area contributed by atoms with Gasteiger partial charge in [-0.05, 0) is 59.8 Å². The Labute approximate surface area is 153 Å². The summed E-state index contributed by atoms with van der Waals surface area (Å²) < 4.78 is 0. The van der Waals surface area contributed by atoms with Crippen molar-refractivity contribution in [1.29, 1.82) is 0 Å². The van der Waals surface area contributed by atoms with Gasteiger partial charge in [-0.1, -0.05) is 87.1 Å². The van der Waals surface area contributed by atoms with E-state index in [-0.39, 0.29) is 0 Å². The van der Waals surface area contributed by atoms with Gasteiger partial charge in [0.1, 0.15) is 0 Å². The third-order valence-corrected chi connectivity index (χ3v) is 6.36. The first-order valence-electron chi connectivity index (χ1n) is 10.4. The molecule has 4 rings (SSSR count). The molecule has 2 aromatic rings. The summed E-state index contributed by atoms with van der Waals surface area (Å²) in [5, 5.41) is 0. The smallest absolute Gasteiger partial charge is 0.0199 e. The quantitative estimate of drug-likeness (QED) is 0.548. The van der Waals surface area contributed by atoms with Gasteiger partial charge in [0.25, 0.3) is 0 Å². The van der Waals surface area contributed by atoms with E-state index < -0.39 is 0 Å². The van der Waals surface area contributed by atoms with Crippen LogP contribution < -0.4 is 0 Å². The standard InChI is InChI=1S/C25H31/c1-3-7-22(8-4-1)24-15-11-20(12-16-24)19-21-13-17-25(18-14-21)23-9-5-2-6-10-23/h11-19,22-23H,1-10H2. The van der Waals surface area contributed by atoms with Crippen molar-refractivity contribution < 1.29 is 0 Å². The largest absolute Gasteiger partial charge is 0.0585 e. The average molecular weight is 332 g/mol. The fraction of sp³-hybridized carbons (Fsp3) is 0.480. The summed E-state index contributed by atoms with van der Waals surface area (Å²) in [5.74, 6) is 1.61. The Bertz CT molecular complexity index is 578. The summed E-state index contributed by atoms with van der Waals surface area (Å²) in [5.41, 5.74) is 5.74. The maximum Gasteiger partial charge on any atom is 0.0199 e. The van der Waals surface area contributed by atoms with Crippen LogP contribution >= 0.6 is 0 Å². The lowest BCUT2D eigenvalue weighted by molar-refractivity contribution is 0.443. The Balaban J connectivity index is 1.38. The molecule has 2 fully saturated rings. The van der Waals surface area contributed by atoms with E-state index in [0.717, 1.165) is 11.8 Å². The van der Waals surface area contributed by atoms with E-state index in [9.17, 15) is 0 Å². The molecule has 0 atom stereocenters. The second-order valence-electron chi connectivity index (χ2n) is 8.15. The molecule has 0 amide bonds. The van der Waals surface area contributed by atoms with Crippen LogP contribution in [0.2, 0.25) is 0 Å². The van der Waals surface area contributed by atoms with Crippen LogP contribution in [-0.2, 0) is 0 Å². The Morgan fingerprint density at radius 2 is 0.840 bits per heavy atom. The lowest BCUT2D eigenvalue weighted by Crippen LogP contribution is -2.04. The second-order valence-corrected chi connectivity index (χ2v) is 8.15. The van der Waals surface area contributed by atoms with Crippen LogP contribution in [0.4, 0.5) is 0 Å². The Morgan fingerprint density at radius 3 is 1.20 bits per heavy atom. The van der Waals surface area contributed by atoms with Gasteiger partial charge in [-0.3, -0.25) is 0 Å². The normalized spacial score (nSPS) is 19.8. The Hall–Kier alpha value is -1.56. The molecule has 0 aliphatic heterocycles. The zero-order chi connectivity index (χ0) is 16.9. The van der Waals surface area contributed by atoms with Crippen LogP contribution in [0.25, 0.3) is 0 Å². The lowest BCUT2D eigenvalue weighted by atomic mass is 9.83. The molecule has 0 bridgehead atoms. The van der Waals surface area contributed by atoms with Gasteiger partial charge in [0, 0.05) is 6.42 Å². The number of rotatable bonds is 4. The second kappa shape index (κ2) is 8.21. The highest BCUT2D eigenvalue weighted by Gasteiger charge is 2.16. The lowest BCUT2D eigenvalue weighted by Gasteiger charge is -2.22. The van der Waals surface area contributed by atoms with Crippen LogP contribution in [0.15, 0.2) is 48.5 Å². The van der Waals surface area contributed by atoms with E-state index in [1.54, 1.807) is 11.1 Å². The molecule has 0 saturated heterocycles. The van der Waals surface area contributed by atoms with E-state index in [0.29, 0.717) is 0 Å². The number of benzene rings is 2. The maximum atomic E-state index is 2.36. The number of hydrogen-bond donors (Lipinski definition) is 0. The van der Waals surface area contributed by atoms with Gasteiger partial charge in [-0.2, -0.15) is 0 Å². The van der Waals surface area contributed by atoms with Crippen molar-refractivity contribution in [3.8, 4) is 0 Å². The predicted molar refractivity (Wildman–Crippen MR) is 107 cm³/mol. The van der Waals surface area contributed by atoms with Gasteiger partial charge in [-0.25, -0.2) is 0 Å². The van der Waals surface area contributed by atoms with Gasteiger partial charge in [0.15, 0.2) is 0 Å². The molecule has 2 aromatic carbocycles. The first-order valence-corrected chi connectivity index (χ1v) is 10.4. The zero-order valence-electron chi connectivity index (χ0n) is 15.4. The van der Waals surface area contributed by atoms with Gasteiger partial charge < -0.3 is 0 Å². The highest BCUT2D eigenvalue weighted by atomic mass is 14.2. The molecular formula is C25H31. The van der Waals surface area contributed by atoms with Crippen LogP contribution in [0.3, 0.4) is 0 Å². The molecule has 25 heavy (non-hydrogen) atoms. The van der Waals surface area contributed by atoms with Crippen molar-refractivity contribution >= 4 is 0 Å². The molecule has 2 aliphatic carbocycles. The van der Waals surface area contributed by atoms with Gasteiger partial charge >= 0.3 is 0 Å². The minimum absolute atomic E-state index is 0.803. The first kappa shape index (κ1) is 16.9. The molecule has 131 valence electrons. The van der Waals surface area contributed by atoms with Crippen molar-refractivity contribution in [2.45, 2.75) is 76.0 Å². The SMILES string of the molecule is [CH](c1ccc(C2CCCCC2)cc1)c1ccc(C2CCCCC2)cc1. The Morgan fingerprint density at radius 1 is 0.480 bits per heavy atom. The minimum atomic E-state index is 0.803. The molecule has 0 aromatic heterocycles. The van der Waals surface area contributed by atoms with E-state index in [1.165, 1.54) is 75.3 Å². The summed E-state index contributed by atoms with van der Waals surface area (Å²) in [6.45, 7) is 0. The van der Waals surface area contributed by atoms with Crippen LogP contribution in [0.5, 0.6) is 0 Å². The molecule has 0 unspecified atom stereocenters. The molecule has 0 heteroatoms. The van der Waals surface area contributed by atoms with E-state index in [4.69, 9.17) is 0 Å². The third-order valence-electron chi connectivity index (χ3n) is 6.36. The summed E-state index contributed by atoms with van der Waals surface area (Å²) in [6, 6.07) is 18.7. The van der Waals surface area contributed by atoms with Crippen LogP contribution in [0, 0.1) is 6.42 Å². The van der Waals surface area contributed by atoms with E-state index in [1.807, 2.05) is 0 Å². The highest BCUT2D eigenvalue weighted by molar-refractivity contribution is 5.40. The molecule has 0 N–H and O–H groups in total. The first-order chi connectivity index (χ1) is 12.4. The van der Waals surface area contributed by atoms with E-state index >= 15 is 0 Å². The van der Waals surface area contributed by atoms with Crippen molar-refractivity contribution in [2.24, 2.45) is 0 Å². The average Bonchev–Trinajstić information content (AvgIpc) is 2.71. The van der Waals surface area contributed by atoms with E-state index in [2.05, 4.69) is 55.0 Å². The van der Waals surface area contributed by atoms with Crippen molar-refractivity contribution in [3.63, 3.8) is 0 Å². The summed E-state index contributed by atoms with van der Waals surface area (Å²) in [4.78, 5) is 0. The summed E-state index contributed by atoms with van der Waals surface area (Å²) in [6.07, 6.45) is 16.3. The zero-order valence-corrected chi connectivity index (χ0v) is 15.4. The van der Waals surface area contributed by atoms with Crippen molar-refractivity contribution in [2.75, 3.05) is 0 Å². The predicted octanol–water partition coefficient (Wildman–Crippen LogP) is 7.38. The van der Waals surface area contributed by atoms with Crippen molar-refractivity contribution in [1.82, 2.24) is 0 Å². The van der Waals surface area contributed by atoms with Crippen LogP contribution in [0.1, 0.15) is 98.3 Å². The molecular weight excluding hydrogens is 300 g/mol. The molecule has 2 aliphatic rings. The number of hydrogen-bond acceptors (Lipinski definition) is 0.